The number of ether oxygens (including phenoxy) is 1. The number of rotatable bonds is 8. The van der Waals surface area contributed by atoms with Crippen LogP contribution in [0.3, 0.4) is 0 Å². The highest BCUT2D eigenvalue weighted by molar-refractivity contribution is 7.80. The van der Waals surface area contributed by atoms with Crippen molar-refractivity contribution >= 4 is 30.5 Å². The first kappa shape index (κ1) is 27.2. The summed E-state index contributed by atoms with van der Waals surface area (Å²) in [4.78, 5) is 40.4. The van der Waals surface area contributed by atoms with Gasteiger partial charge in [0, 0.05) is 19.3 Å². The van der Waals surface area contributed by atoms with Crippen LogP contribution in [-0.2, 0) is 20.9 Å². The van der Waals surface area contributed by atoms with Crippen molar-refractivity contribution in [1.82, 2.24) is 15.5 Å². The van der Waals surface area contributed by atoms with Crippen molar-refractivity contribution in [2.24, 2.45) is 0 Å². The van der Waals surface area contributed by atoms with Gasteiger partial charge in [-0.1, -0.05) is 54.1 Å². The summed E-state index contributed by atoms with van der Waals surface area (Å²) in [6.07, 6.45) is -0.717. The lowest BCUT2D eigenvalue weighted by molar-refractivity contribution is -0.140. The quantitative estimate of drug-likeness (QED) is 0.494. The Morgan fingerprint density at radius 1 is 1.06 bits per heavy atom. The molecule has 2 aromatic rings. The van der Waals surface area contributed by atoms with Gasteiger partial charge in [-0.2, -0.15) is 12.6 Å². The van der Waals surface area contributed by atoms with Gasteiger partial charge in [-0.3, -0.25) is 9.59 Å². The first-order valence-corrected chi connectivity index (χ1v) is 11.8. The van der Waals surface area contributed by atoms with Crippen molar-refractivity contribution in [2.75, 3.05) is 12.8 Å². The lowest BCUT2D eigenvalue weighted by Crippen LogP contribution is -2.52. The second-order valence-corrected chi connectivity index (χ2v) is 9.66. The van der Waals surface area contributed by atoms with Gasteiger partial charge in [-0.25, -0.2) is 4.79 Å². The Morgan fingerprint density at radius 2 is 1.71 bits per heavy atom. The molecule has 3 amide bonds. The van der Waals surface area contributed by atoms with Crippen LogP contribution in [0.5, 0.6) is 0 Å². The van der Waals surface area contributed by atoms with Gasteiger partial charge in [-0.05, 0) is 51.3 Å². The minimum absolute atomic E-state index is 0.0492. The number of amides is 3. The van der Waals surface area contributed by atoms with E-state index >= 15 is 0 Å². The fourth-order valence-corrected chi connectivity index (χ4v) is 3.72. The monoisotopic (exact) mass is 485 g/mol. The van der Waals surface area contributed by atoms with E-state index in [-0.39, 0.29) is 11.7 Å². The van der Waals surface area contributed by atoms with Crippen LogP contribution < -0.4 is 10.6 Å². The third-order valence-corrected chi connectivity index (χ3v) is 5.56. The molecule has 2 rings (SSSR count). The summed E-state index contributed by atoms with van der Waals surface area (Å²) >= 11 is 4.25. The lowest BCUT2D eigenvalue weighted by atomic mass is 9.96. The van der Waals surface area contributed by atoms with Crippen LogP contribution in [0, 0.1) is 13.8 Å². The Bertz CT molecular complexity index is 1000. The minimum atomic E-state index is -0.960. The molecule has 0 radical (unpaired) electrons. The smallest absolute Gasteiger partial charge is 0.408 e. The number of nitrogens with one attached hydrogen (secondary N) is 2. The molecular formula is C26H35N3O4S. The SMILES string of the molecule is Cc1ccc(C)c(C(C(=O)NCc2ccccc2)N(C)C(=O)C(CS)NC(=O)OC(C)(C)C)c1. The summed E-state index contributed by atoms with van der Waals surface area (Å²) in [7, 11) is 1.56. The number of nitrogens with zero attached hydrogens (tertiary/aromatic N) is 1. The number of alkyl carbamates (subject to hydrolysis) is 1. The number of carbonyl (C=O) groups is 3. The highest BCUT2D eigenvalue weighted by atomic mass is 32.1. The molecule has 2 unspecified atom stereocenters. The Hall–Kier alpha value is -3.00. The van der Waals surface area contributed by atoms with Gasteiger partial charge in [0.2, 0.25) is 11.8 Å². The molecule has 2 atom stereocenters. The largest absolute Gasteiger partial charge is 0.444 e. The molecule has 0 bridgehead atoms. The maximum Gasteiger partial charge on any atom is 0.408 e. The predicted molar refractivity (Wildman–Crippen MR) is 137 cm³/mol. The fourth-order valence-electron chi connectivity index (χ4n) is 3.47. The Labute approximate surface area is 207 Å². The number of likely N-dealkylation sites (N-methyl/N-ethyl adjacent to an activating group) is 1. The zero-order valence-electron chi connectivity index (χ0n) is 20.7. The average molecular weight is 486 g/mol. The van der Waals surface area contributed by atoms with Gasteiger partial charge in [0.1, 0.15) is 17.7 Å². The van der Waals surface area contributed by atoms with E-state index in [0.717, 1.165) is 22.3 Å². The molecule has 0 aliphatic heterocycles. The van der Waals surface area contributed by atoms with Crippen LogP contribution in [0.15, 0.2) is 48.5 Å². The molecular weight excluding hydrogens is 450 g/mol. The van der Waals surface area contributed by atoms with E-state index in [0.29, 0.717) is 6.54 Å². The summed E-state index contributed by atoms with van der Waals surface area (Å²) in [6.45, 7) is 9.39. The molecule has 0 spiro atoms. The standard InChI is InChI=1S/C26H35N3O4S/c1-17-12-13-18(2)20(14-17)22(23(30)27-15-19-10-8-7-9-11-19)29(6)24(31)21(16-34)28-25(32)33-26(3,4)5/h7-14,21-22,34H,15-16H2,1-6H3,(H,27,30)(H,28,32). The topological polar surface area (TPSA) is 87.7 Å². The molecule has 0 aliphatic rings. The Kier molecular flexibility index (Phi) is 9.55. The molecule has 0 saturated heterocycles. The maximum atomic E-state index is 13.4. The molecule has 8 heteroatoms. The molecule has 2 N–H and O–H groups in total. The summed E-state index contributed by atoms with van der Waals surface area (Å²) in [5.74, 6) is -0.710. The van der Waals surface area contributed by atoms with Gasteiger partial charge in [-0.15, -0.1) is 0 Å². The first-order valence-electron chi connectivity index (χ1n) is 11.2. The number of carbonyl (C=O) groups excluding carboxylic acids is 3. The highest BCUT2D eigenvalue weighted by Crippen LogP contribution is 2.25. The minimum Gasteiger partial charge on any atom is -0.444 e. The summed E-state index contributed by atoms with van der Waals surface area (Å²) in [5, 5.41) is 5.52. The second-order valence-electron chi connectivity index (χ2n) is 9.30. The van der Waals surface area contributed by atoms with Crippen molar-refractivity contribution in [3.8, 4) is 0 Å². The fraction of sp³-hybridized carbons (Fsp3) is 0.423. The first-order chi connectivity index (χ1) is 15.9. The number of aryl methyl sites for hydroxylation is 2. The van der Waals surface area contributed by atoms with Gasteiger partial charge in [0.15, 0.2) is 0 Å². The van der Waals surface area contributed by atoms with E-state index in [9.17, 15) is 14.4 Å². The summed E-state index contributed by atoms with van der Waals surface area (Å²) in [5.41, 5.74) is 2.81. The van der Waals surface area contributed by atoms with Crippen LogP contribution in [0.4, 0.5) is 4.79 Å². The molecule has 0 aliphatic carbocycles. The Balaban J connectivity index is 2.30. The average Bonchev–Trinajstić information content (AvgIpc) is 2.77. The van der Waals surface area contributed by atoms with Crippen LogP contribution in [0.1, 0.15) is 49.1 Å². The normalized spacial score (nSPS) is 12.9. The summed E-state index contributed by atoms with van der Waals surface area (Å²) < 4.78 is 5.28. The van der Waals surface area contributed by atoms with Gasteiger partial charge < -0.3 is 20.3 Å². The van der Waals surface area contributed by atoms with Crippen LogP contribution >= 0.6 is 12.6 Å². The predicted octanol–water partition coefficient (Wildman–Crippen LogP) is 3.94. The van der Waals surface area contributed by atoms with Gasteiger partial charge in [0.25, 0.3) is 0 Å². The van der Waals surface area contributed by atoms with Crippen molar-refractivity contribution in [1.29, 1.82) is 0 Å². The van der Waals surface area contributed by atoms with E-state index in [4.69, 9.17) is 4.74 Å². The zero-order chi connectivity index (χ0) is 25.5. The number of hydrogen-bond donors (Lipinski definition) is 3. The summed E-state index contributed by atoms with van der Waals surface area (Å²) in [6, 6.07) is 13.5. The number of hydrogen-bond acceptors (Lipinski definition) is 5. The third-order valence-electron chi connectivity index (χ3n) is 5.19. The Morgan fingerprint density at radius 3 is 2.29 bits per heavy atom. The maximum absolute atomic E-state index is 13.4. The molecule has 7 nitrogen and oxygen atoms in total. The lowest BCUT2D eigenvalue weighted by Gasteiger charge is -2.32. The number of thiol groups is 1. The molecule has 0 fully saturated rings. The van der Waals surface area contributed by atoms with Gasteiger partial charge in [0.05, 0.1) is 0 Å². The second kappa shape index (κ2) is 11.9. The van der Waals surface area contributed by atoms with Crippen molar-refractivity contribution in [3.05, 3.63) is 70.8 Å². The van der Waals surface area contributed by atoms with Crippen LogP contribution in [0.25, 0.3) is 0 Å². The third kappa shape index (κ3) is 7.80. The van der Waals surface area contributed by atoms with Gasteiger partial charge >= 0.3 is 6.09 Å². The van der Waals surface area contributed by atoms with E-state index in [1.54, 1.807) is 27.8 Å². The molecule has 184 valence electrons. The van der Waals surface area contributed by atoms with E-state index < -0.39 is 29.7 Å². The van der Waals surface area contributed by atoms with Crippen molar-refractivity contribution < 1.29 is 19.1 Å². The molecule has 0 saturated carbocycles. The van der Waals surface area contributed by atoms with Crippen LogP contribution in [-0.4, -0.2) is 47.3 Å². The molecule has 0 heterocycles. The zero-order valence-corrected chi connectivity index (χ0v) is 21.6. The van der Waals surface area contributed by atoms with Crippen molar-refractivity contribution in [3.63, 3.8) is 0 Å². The number of benzene rings is 2. The molecule has 34 heavy (non-hydrogen) atoms. The van der Waals surface area contributed by atoms with E-state index in [1.807, 2.05) is 62.4 Å². The molecule has 2 aromatic carbocycles. The molecule has 0 aromatic heterocycles. The van der Waals surface area contributed by atoms with E-state index in [1.165, 1.54) is 4.90 Å². The van der Waals surface area contributed by atoms with Crippen LogP contribution in [0.2, 0.25) is 0 Å². The highest BCUT2D eigenvalue weighted by Gasteiger charge is 2.34. The van der Waals surface area contributed by atoms with Crippen molar-refractivity contribution in [2.45, 2.75) is 58.8 Å². The van der Waals surface area contributed by atoms with E-state index in [2.05, 4.69) is 23.3 Å².